The quantitative estimate of drug-likeness (QED) is 0.237. The second kappa shape index (κ2) is 13.4. The van der Waals surface area contributed by atoms with Gasteiger partial charge in [0.2, 0.25) is 0 Å². The first kappa shape index (κ1) is 29.7. The van der Waals surface area contributed by atoms with Crippen LogP contribution in [0.4, 0.5) is 4.79 Å². The maximum atomic E-state index is 13.7. The van der Waals surface area contributed by atoms with Crippen LogP contribution in [0.1, 0.15) is 51.3 Å². The minimum atomic E-state index is -0.628. The maximum absolute atomic E-state index is 13.7. The van der Waals surface area contributed by atoms with Gasteiger partial charge in [-0.3, -0.25) is 10.2 Å². The van der Waals surface area contributed by atoms with E-state index >= 15 is 0 Å². The van der Waals surface area contributed by atoms with Crippen LogP contribution in [0.3, 0.4) is 0 Å². The number of carbonyl (C=O) groups excluding carboxylic acids is 2. The fraction of sp³-hybridized carbons (Fsp3) is 0.258. The summed E-state index contributed by atoms with van der Waals surface area (Å²) in [5.41, 5.74) is 6.89. The molecule has 0 aliphatic carbocycles. The fourth-order valence-corrected chi connectivity index (χ4v) is 6.02. The van der Waals surface area contributed by atoms with Crippen LogP contribution in [0.15, 0.2) is 54.6 Å². The molecule has 1 saturated heterocycles. The third-order valence-electron chi connectivity index (χ3n) is 6.77. The van der Waals surface area contributed by atoms with Crippen molar-refractivity contribution in [1.82, 2.24) is 25.5 Å². The lowest BCUT2D eigenvalue weighted by atomic mass is 10.1. The van der Waals surface area contributed by atoms with Gasteiger partial charge in [0.1, 0.15) is 0 Å². The predicted octanol–water partition coefficient (Wildman–Crippen LogP) is 6.60. The molecule has 216 valence electrons. The van der Waals surface area contributed by atoms with E-state index in [0.29, 0.717) is 27.0 Å². The number of amides is 2. The number of benzene rings is 2. The molecule has 8 nitrogen and oxygen atoms in total. The lowest BCUT2D eigenvalue weighted by Crippen LogP contribution is -2.45. The molecule has 11 heteroatoms. The van der Waals surface area contributed by atoms with Gasteiger partial charge in [-0.25, -0.2) is 14.5 Å². The van der Waals surface area contributed by atoms with Gasteiger partial charge in [0.25, 0.3) is 5.91 Å². The van der Waals surface area contributed by atoms with Gasteiger partial charge in [-0.2, -0.15) is 5.10 Å². The first-order valence-electron chi connectivity index (χ1n) is 13.5. The summed E-state index contributed by atoms with van der Waals surface area (Å²) in [7, 11) is 1.29. The summed E-state index contributed by atoms with van der Waals surface area (Å²) in [4.78, 5) is 27.4. The van der Waals surface area contributed by atoms with E-state index in [-0.39, 0.29) is 18.1 Å². The number of methoxy groups -OCH3 is 1. The van der Waals surface area contributed by atoms with Crippen LogP contribution in [0.5, 0.6) is 0 Å². The van der Waals surface area contributed by atoms with E-state index in [0.717, 1.165) is 47.7 Å². The Labute approximate surface area is 258 Å². The normalized spacial score (nSPS) is 13.2. The van der Waals surface area contributed by atoms with Gasteiger partial charge in [0.15, 0.2) is 5.69 Å². The molecule has 2 aromatic heterocycles. The summed E-state index contributed by atoms with van der Waals surface area (Å²) >= 11 is 14.3. The van der Waals surface area contributed by atoms with E-state index in [9.17, 15) is 9.59 Å². The van der Waals surface area contributed by atoms with E-state index in [1.54, 1.807) is 22.9 Å². The number of rotatable bonds is 6. The van der Waals surface area contributed by atoms with E-state index in [1.165, 1.54) is 24.0 Å². The third-order valence-corrected chi connectivity index (χ3v) is 8.31. The molecule has 0 bridgehead atoms. The first-order valence-corrected chi connectivity index (χ1v) is 15.0. The van der Waals surface area contributed by atoms with Gasteiger partial charge in [0, 0.05) is 29.2 Å². The second-order valence-corrected chi connectivity index (χ2v) is 11.7. The first-order chi connectivity index (χ1) is 20.3. The molecule has 2 aromatic carbocycles. The zero-order valence-electron chi connectivity index (χ0n) is 23.2. The summed E-state index contributed by atoms with van der Waals surface area (Å²) < 4.78 is 6.44. The minimum absolute atomic E-state index is 0.00174. The summed E-state index contributed by atoms with van der Waals surface area (Å²) in [5, 5.41) is 10.2. The average Bonchev–Trinajstić information content (AvgIpc) is 3.61. The molecular weight excluding hydrogens is 593 g/mol. The van der Waals surface area contributed by atoms with Crippen LogP contribution in [0.25, 0.3) is 16.3 Å². The highest BCUT2D eigenvalue weighted by Crippen LogP contribution is 2.36. The number of aryl methyl sites for hydroxylation is 1. The van der Waals surface area contributed by atoms with Crippen molar-refractivity contribution in [3.63, 3.8) is 0 Å². The molecule has 0 unspecified atom stereocenters. The molecule has 2 amide bonds. The smallest absolute Gasteiger partial charge is 0.407 e. The van der Waals surface area contributed by atoms with Crippen LogP contribution in [0, 0.1) is 18.8 Å². The number of nitrogens with zero attached hydrogens (tertiary/aromatic N) is 3. The van der Waals surface area contributed by atoms with Crippen molar-refractivity contribution in [2.75, 3.05) is 20.2 Å². The second-order valence-electron chi connectivity index (χ2n) is 9.80. The van der Waals surface area contributed by atoms with Crippen LogP contribution in [-0.2, 0) is 11.3 Å². The Morgan fingerprint density at radius 2 is 1.79 bits per heavy atom. The number of hydrogen-bond acceptors (Lipinski definition) is 6. The van der Waals surface area contributed by atoms with Crippen molar-refractivity contribution in [2.45, 2.75) is 32.7 Å². The number of carbonyl (C=O) groups is 2. The highest BCUT2D eigenvalue weighted by molar-refractivity contribution is 7.16. The van der Waals surface area contributed by atoms with Crippen molar-refractivity contribution < 1.29 is 14.3 Å². The number of nitrogens with one attached hydrogen (secondary N) is 2. The van der Waals surface area contributed by atoms with Gasteiger partial charge in [-0.05, 0) is 62.2 Å². The number of alkyl carbamates (subject to hydrolysis) is 1. The largest absolute Gasteiger partial charge is 0.453 e. The van der Waals surface area contributed by atoms with E-state index in [4.69, 9.17) is 33.0 Å². The Morgan fingerprint density at radius 3 is 2.50 bits per heavy atom. The Bertz CT molecular complexity index is 1660. The molecule has 5 rings (SSSR count). The molecule has 1 aliphatic heterocycles. The third kappa shape index (κ3) is 6.97. The maximum Gasteiger partial charge on any atom is 0.407 e. The number of aromatic nitrogens is 2. The van der Waals surface area contributed by atoms with Crippen molar-refractivity contribution in [1.29, 1.82) is 0 Å². The number of piperidine rings is 1. The molecule has 3 heterocycles. The lowest BCUT2D eigenvalue weighted by Gasteiger charge is -2.26. The fourth-order valence-electron chi connectivity index (χ4n) is 4.62. The number of halogens is 2. The standard InChI is InChI=1S/C31H29Cl2N5O3S/c1-20-6-8-21(9-7-20)10-12-23-13-15-27(42-23)29-24(19-34-31(40)41-2)28(30(39)36-37-16-4-3-5-17-37)35-38(29)26-14-11-22(32)18-25(26)33/h6-9,11,13-15,18H,3-5,16-17,19H2,1-2H3,(H,34,40)(H,36,39). The van der Waals surface area contributed by atoms with Crippen LogP contribution < -0.4 is 10.7 Å². The molecule has 2 N–H and O–H groups in total. The highest BCUT2D eigenvalue weighted by Gasteiger charge is 2.28. The van der Waals surface area contributed by atoms with Gasteiger partial charge >= 0.3 is 6.09 Å². The number of hydrogen-bond donors (Lipinski definition) is 2. The zero-order chi connectivity index (χ0) is 29.6. The predicted molar refractivity (Wildman–Crippen MR) is 166 cm³/mol. The molecular formula is C31H29Cl2N5O3S. The Balaban J connectivity index is 1.61. The van der Waals surface area contributed by atoms with Crippen LogP contribution in [-0.4, -0.2) is 47.0 Å². The number of ether oxygens (including phenoxy) is 1. The summed E-state index contributed by atoms with van der Waals surface area (Å²) in [6.07, 6.45) is 2.50. The van der Waals surface area contributed by atoms with Gasteiger partial charge < -0.3 is 10.1 Å². The Morgan fingerprint density at radius 1 is 1.02 bits per heavy atom. The average molecular weight is 623 g/mol. The molecule has 1 aliphatic rings. The van der Waals surface area contributed by atoms with Crippen molar-refractivity contribution in [3.05, 3.63) is 91.9 Å². The number of thiophene rings is 1. The van der Waals surface area contributed by atoms with Crippen molar-refractivity contribution in [2.24, 2.45) is 0 Å². The van der Waals surface area contributed by atoms with Gasteiger partial charge in [-0.15, -0.1) is 11.3 Å². The highest BCUT2D eigenvalue weighted by atomic mass is 35.5. The SMILES string of the molecule is COC(=O)NCc1c(C(=O)NN2CCCCC2)nn(-c2ccc(Cl)cc2Cl)c1-c1ccc(C#Cc2ccc(C)cc2)s1. The summed E-state index contributed by atoms with van der Waals surface area (Å²) in [6.45, 7) is 3.54. The molecule has 0 spiro atoms. The Kier molecular flexibility index (Phi) is 9.50. The topological polar surface area (TPSA) is 88.5 Å². The summed E-state index contributed by atoms with van der Waals surface area (Å²) in [5.74, 6) is 6.06. The van der Waals surface area contributed by atoms with E-state index in [2.05, 4.69) is 22.6 Å². The zero-order valence-corrected chi connectivity index (χ0v) is 25.5. The van der Waals surface area contributed by atoms with Crippen molar-refractivity contribution >= 4 is 46.5 Å². The lowest BCUT2D eigenvalue weighted by molar-refractivity contribution is 0.0743. The Hall–Kier alpha value is -3.81. The molecule has 4 aromatic rings. The molecule has 0 radical (unpaired) electrons. The van der Waals surface area contributed by atoms with Crippen molar-refractivity contribution in [3.8, 4) is 28.1 Å². The van der Waals surface area contributed by atoms with Gasteiger partial charge in [-0.1, -0.05) is 59.2 Å². The van der Waals surface area contributed by atoms with Gasteiger partial charge in [0.05, 0.1) is 39.8 Å². The van der Waals surface area contributed by atoms with E-state index < -0.39 is 6.09 Å². The number of hydrazine groups is 1. The molecule has 0 atom stereocenters. The van der Waals surface area contributed by atoms with Crippen LogP contribution >= 0.6 is 34.5 Å². The monoisotopic (exact) mass is 621 g/mol. The summed E-state index contributed by atoms with van der Waals surface area (Å²) in [6, 6.07) is 16.9. The molecule has 1 fully saturated rings. The minimum Gasteiger partial charge on any atom is -0.453 e. The van der Waals surface area contributed by atoms with Crippen LogP contribution in [0.2, 0.25) is 10.0 Å². The van der Waals surface area contributed by atoms with E-state index in [1.807, 2.05) is 48.3 Å². The molecule has 0 saturated carbocycles. The molecule has 42 heavy (non-hydrogen) atoms.